The lowest BCUT2D eigenvalue weighted by Crippen LogP contribution is -2.19. The predicted octanol–water partition coefficient (Wildman–Crippen LogP) is 3.89. The zero-order valence-electron chi connectivity index (χ0n) is 12.6. The Morgan fingerprint density at radius 2 is 1.92 bits per heavy atom. The minimum Gasteiger partial charge on any atom is -0.478 e. The topological polar surface area (TPSA) is 75.6 Å². The Labute approximate surface area is 149 Å². The minimum absolute atomic E-state index is 0.0391. The van der Waals surface area contributed by atoms with Crippen LogP contribution >= 0.6 is 23.2 Å². The van der Waals surface area contributed by atoms with Crippen molar-refractivity contribution in [3.8, 4) is 0 Å². The van der Waals surface area contributed by atoms with E-state index in [0.717, 1.165) is 5.56 Å². The van der Waals surface area contributed by atoms with Crippen LogP contribution < -0.4 is 5.32 Å². The standard InChI is InChI=1S/C17H15Cl2NO4/c18-13-5-4-12(16(19)7-13)9-24-10-15(21)8-20-14-3-1-2-11(6-14)17(22)23/h1-7,20H,8-10H2,(H,22,23). The molecule has 5 nitrogen and oxygen atoms in total. The van der Waals surface area contributed by atoms with Crippen molar-refractivity contribution in [1.29, 1.82) is 0 Å². The third kappa shape index (κ3) is 5.53. The fourth-order valence-corrected chi connectivity index (χ4v) is 2.39. The van der Waals surface area contributed by atoms with Gasteiger partial charge in [0.05, 0.1) is 18.7 Å². The third-order valence-corrected chi connectivity index (χ3v) is 3.72. The quantitative estimate of drug-likeness (QED) is 0.739. The van der Waals surface area contributed by atoms with Crippen LogP contribution in [0.15, 0.2) is 42.5 Å². The number of carbonyl (C=O) groups excluding carboxylic acids is 1. The van der Waals surface area contributed by atoms with Crippen LogP contribution in [0.25, 0.3) is 0 Å². The number of ketones is 1. The largest absolute Gasteiger partial charge is 0.478 e. The molecule has 0 fully saturated rings. The second-order valence-electron chi connectivity index (χ2n) is 5.01. The Balaban J connectivity index is 1.77. The van der Waals surface area contributed by atoms with Crippen LogP contribution in [-0.2, 0) is 16.1 Å². The van der Waals surface area contributed by atoms with E-state index in [4.69, 9.17) is 33.0 Å². The number of anilines is 1. The van der Waals surface area contributed by atoms with Gasteiger partial charge in [0.25, 0.3) is 0 Å². The lowest BCUT2D eigenvalue weighted by atomic mass is 10.2. The maximum absolute atomic E-state index is 11.8. The number of nitrogens with one attached hydrogen (secondary N) is 1. The summed E-state index contributed by atoms with van der Waals surface area (Å²) in [6, 6.07) is 11.3. The van der Waals surface area contributed by atoms with Gasteiger partial charge in [0.1, 0.15) is 6.61 Å². The summed E-state index contributed by atoms with van der Waals surface area (Å²) in [6.45, 7) is 0.165. The highest BCUT2D eigenvalue weighted by Gasteiger charge is 2.07. The first-order valence-electron chi connectivity index (χ1n) is 7.06. The number of rotatable bonds is 8. The summed E-state index contributed by atoms with van der Waals surface area (Å²) in [5.41, 5.74) is 1.46. The van der Waals surface area contributed by atoms with Crippen LogP contribution in [0.4, 0.5) is 5.69 Å². The molecule has 0 aliphatic carbocycles. The Hall–Kier alpha value is -2.08. The number of carbonyl (C=O) groups is 2. The fraction of sp³-hybridized carbons (Fsp3) is 0.176. The van der Waals surface area contributed by atoms with Gasteiger partial charge in [-0.1, -0.05) is 35.3 Å². The Morgan fingerprint density at radius 3 is 2.62 bits per heavy atom. The molecule has 126 valence electrons. The number of aromatic carboxylic acids is 1. The molecule has 0 radical (unpaired) electrons. The van der Waals surface area contributed by atoms with Gasteiger partial charge < -0.3 is 15.2 Å². The molecule has 0 aliphatic rings. The normalized spacial score (nSPS) is 10.4. The summed E-state index contributed by atoms with van der Waals surface area (Å²) in [7, 11) is 0. The summed E-state index contributed by atoms with van der Waals surface area (Å²) >= 11 is 11.8. The van der Waals surface area contributed by atoms with Crippen molar-refractivity contribution in [1.82, 2.24) is 0 Å². The number of carboxylic acid groups (broad SMARTS) is 1. The van der Waals surface area contributed by atoms with E-state index in [1.807, 2.05) is 0 Å². The van der Waals surface area contributed by atoms with Crippen molar-refractivity contribution in [3.63, 3.8) is 0 Å². The lowest BCUT2D eigenvalue weighted by molar-refractivity contribution is -0.122. The number of halogens is 2. The Morgan fingerprint density at radius 1 is 1.12 bits per heavy atom. The number of hydrogen-bond donors (Lipinski definition) is 2. The minimum atomic E-state index is -1.02. The zero-order chi connectivity index (χ0) is 17.5. The van der Waals surface area contributed by atoms with E-state index in [9.17, 15) is 9.59 Å². The second kappa shape index (κ2) is 8.68. The van der Waals surface area contributed by atoms with Gasteiger partial charge in [-0.05, 0) is 35.9 Å². The van der Waals surface area contributed by atoms with Crippen LogP contribution in [0.5, 0.6) is 0 Å². The van der Waals surface area contributed by atoms with Crippen molar-refractivity contribution in [2.45, 2.75) is 6.61 Å². The van der Waals surface area contributed by atoms with Crippen LogP contribution in [0, 0.1) is 0 Å². The number of carboxylic acids is 1. The van der Waals surface area contributed by atoms with Gasteiger partial charge in [-0.15, -0.1) is 0 Å². The molecule has 2 N–H and O–H groups in total. The maximum atomic E-state index is 11.8. The van der Waals surface area contributed by atoms with E-state index >= 15 is 0 Å². The van der Waals surface area contributed by atoms with Gasteiger partial charge >= 0.3 is 5.97 Å². The van der Waals surface area contributed by atoms with Gasteiger partial charge in [-0.2, -0.15) is 0 Å². The van der Waals surface area contributed by atoms with E-state index in [0.29, 0.717) is 15.7 Å². The van der Waals surface area contributed by atoms with E-state index in [1.54, 1.807) is 30.3 Å². The highest BCUT2D eigenvalue weighted by molar-refractivity contribution is 6.35. The number of benzene rings is 2. The molecule has 2 aromatic rings. The number of ether oxygens (including phenoxy) is 1. The van der Waals surface area contributed by atoms with Crippen LogP contribution in [0.2, 0.25) is 10.0 Å². The second-order valence-corrected chi connectivity index (χ2v) is 5.85. The third-order valence-electron chi connectivity index (χ3n) is 3.13. The molecule has 2 rings (SSSR count). The first-order valence-corrected chi connectivity index (χ1v) is 7.82. The Kier molecular flexibility index (Phi) is 6.61. The van der Waals surface area contributed by atoms with Crippen molar-refractivity contribution in [3.05, 3.63) is 63.6 Å². The van der Waals surface area contributed by atoms with Gasteiger partial charge in [0.15, 0.2) is 5.78 Å². The van der Waals surface area contributed by atoms with Crippen molar-refractivity contribution < 1.29 is 19.4 Å². The molecule has 0 atom stereocenters. The first kappa shape index (κ1) is 18.3. The summed E-state index contributed by atoms with van der Waals surface area (Å²) in [6.07, 6.45) is 0. The first-order chi connectivity index (χ1) is 11.5. The average Bonchev–Trinajstić information content (AvgIpc) is 2.55. The average molecular weight is 368 g/mol. The number of Topliss-reactive ketones (excluding diaryl/α,β-unsaturated/α-hetero) is 1. The van der Waals surface area contributed by atoms with Gasteiger partial charge in [-0.3, -0.25) is 4.79 Å². The molecule has 0 saturated carbocycles. The molecular weight excluding hydrogens is 353 g/mol. The molecule has 0 saturated heterocycles. The van der Waals surface area contributed by atoms with Crippen molar-refractivity contribution in [2.75, 3.05) is 18.5 Å². The summed E-state index contributed by atoms with van der Waals surface area (Å²) < 4.78 is 5.34. The van der Waals surface area contributed by atoms with Crippen LogP contribution in [0.1, 0.15) is 15.9 Å². The molecule has 0 heterocycles. The summed E-state index contributed by atoms with van der Waals surface area (Å²) in [5, 5.41) is 12.8. The molecule has 0 amide bonds. The van der Waals surface area contributed by atoms with Gasteiger partial charge in [0, 0.05) is 15.7 Å². The molecular formula is C17H15Cl2NO4. The van der Waals surface area contributed by atoms with Crippen molar-refractivity contribution in [2.24, 2.45) is 0 Å². The predicted molar refractivity (Wildman–Crippen MR) is 93.0 cm³/mol. The van der Waals surface area contributed by atoms with E-state index in [2.05, 4.69) is 5.32 Å². The van der Waals surface area contributed by atoms with Gasteiger partial charge in [-0.25, -0.2) is 4.79 Å². The SMILES string of the molecule is O=C(CNc1cccc(C(=O)O)c1)COCc1ccc(Cl)cc1Cl. The monoisotopic (exact) mass is 367 g/mol. The van der Waals surface area contributed by atoms with E-state index in [1.165, 1.54) is 12.1 Å². The fourth-order valence-electron chi connectivity index (χ4n) is 1.93. The van der Waals surface area contributed by atoms with Crippen LogP contribution in [-0.4, -0.2) is 30.0 Å². The highest BCUT2D eigenvalue weighted by Crippen LogP contribution is 2.21. The highest BCUT2D eigenvalue weighted by atomic mass is 35.5. The lowest BCUT2D eigenvalue weighted by Gasteiger charge is -2.08. The molecule has 0 spiro atoms. The maximum Gasteiger partial charge on any atom is 0.335 e. The van der Waals surface area contributed by atoms with E-state index < -0.39 is 5.97 Å². The summed E-state index contributed by atoms with van der Waals surface area (Å²) in [4.78, 5) is 22.7. The van der Waals surface area contributed by atoms with E-state index in [-0.39, 0.29) is 31.1 Å². The molecule has 0 unspecified atom stereocenters. The molecule has 2 aromatic carbocycles. The zero-order valence-corrected chi connectivity index (χ0v) is 14.1. The van der Waals surface area contributed by atoms with Crippen LogP contribution in [0.3, 0.4) is 0 Å². The molecule has 0 aromatic heterocycles. The smallest absolute Gasteiger partial charge is 0.335 e. The molecule has 24 heavy (non-hydrogen) atoms. The molecule has 7 heteroatoms. The Bertz CT molecular complexity index is 749. The summed E-state index contributed by atoms with van der Waals surface area (Å²) in [5.74, 6) is -1.19. The molecule has 0 bridgehead atoms. The van der Waals surface area contributed by atoms with Gasteiger partial charge in [0.2, 0.25) is 0 Å². The van der Waals surface area contributed by atoms with Crippen molar-refractivity contribution >= 4 is 40.6 Å². The number of hydrogen-bond acceptors (Lipinski definition) is 4. The molecule has 0 aliphatic heterocycles.